The Hall–Kier alpha value is -1.55. The van der Waals surface area contributed by atoms with Crippen molar-refractivity contribution in [2.75, 3.05) is 19.6 Å². The van der Waals surface area contributed by atoms with Gasteiger partial charge in [-0.25, -0.2) is 0 Å². The van der Waals surface area contributed by atoms with Gasteiger partial charge >= 0.3 is 0 Å². The van der Waals surface area contributed by atoms with E-state index in [1.807, 2.05) is 17.9 Å². The van der Waals surface area contributed by atoms with Crippen LogP contribution in [0, 0.1) is 18.8 Å². The van der Waals surface area contributed by atoms with Crippen LogP contribution >= 0.6 is 0 Å². The van der Waals surface area contributed by atoms with Gasteiger partial charge in [-0.15, -0.1) is 0 Å². The van der Waals surface area contributed by atoms with Crippen LogP contribution in [0.15, 0.2) is 18.2 Å². The molecule has 2 aliphatic heterocycles. The van der Waals surface area contributed by atoms with Crippen molar-refractivity contribution < 1.29 is 9.90 Å². The summed E-state index contributed by atoms with van der Waals surface area (Å²) in [6, 6.07) is 5.49. The molecule has 102 valence electrons. The van der Waals surface area contributed by atoms with Crippen LogP contribution in [-0.4, -0.2) is 41.6 Å². The Morgan fingerprint density at radius 1 is 1.42 bits per heavy atom. The van der Waals surface area contributed by atoms with Gasteiger partial charge in [0.2, 0.25) is 0 Å². The van der Waals surface area contributed by atoms with Gasteiger partial charge in [0.05, 0.1) is 5.56 Å². The number of likely N-dealkylation sites (tertiary alicyclic amines) is 1. The van der Waals surface area contributed by atoms with Gasteiger partial charge in [0, 0.05) is 25.7 Å². The Morgan fingerprint density at radius 3 is 2.89 bits per heavy atom. The number of aryl methyl sites for hydroxylation is 1. The summed E-state index contributed by atoms with van der Waals surface area (Å²) in [5, 5.41) is 13.3. The number of carbonyl (C=O) groups excluding carboxylic acids is 1. The van der Waals surface area contributed by atoms with Crippen LogP contribution in [0.4, 0.5) is 0 Å². The van der Waals surface area contributed by atoms with E-state index < -0.39 is 0 Å². The largest absolute Gasteiger partial charge is 0.507 e. The lowest BCUT2D eigenvalue weighted by atomic mass is 9.95. The average molecular weight is 260 g/mol. The summed E-state index contributed by atoms with van der Waals surface area (Å²) in [6.07, 6.45) is 0. The fourth-order valence-corrected chi connectivity index (χ4v) is 3.41. The number of nitrogens with one attached hydrogen (secondary N) is 1. The maximum atomic E-state index is 12.6. The van der Waals surface area contributed by atoms with Crippen molar-refractivity contribution in [3.05, 3.63) is 29.3 Å². The molecule has 2 N–H and O–H groups in total. The smallest absolute Gasteiger partial charge is 0.257 e. The molecule has 3 atom stereocenters. The molecule has 2 heterocycles. The molecule has 1 aromatic rings. The van der Waals surface area contributed by atoms with Crippen molar-refractivity contribution in [3.8, 4) is 5.75 Å². The molecule has 0 radical (unpaired) electrons. The van der Waals surface area contributed by atoms with E-state index in [0.29, 0.717) is 17.4 Å². The summed E-state index contributed by atoms with van der Waals surface area (Å²) in [4.78, 5) is 14.5. The number of benzene rings is 1. The molecule has 0 saturated carbocycles. The number of phenolic OH excluding ortho intramolecular Hbond substituents is 1. The molecule has 19 heavy (non-hydrogen) atoms. The van der Waals surface area contributed by atoms with E-state index in [-0.39, 0.29) is 17.7 Å². The third-order valence-electron chi connectivity index (χ3n) is 4.58. The second-order valence-corrected chi connectivity index (χ2v) is 5.80. The number of aromatic hydroxyl groups is 1. The predicted molar refractivity (Wildman–Crippen MR) is 73.2 cm³/mol. The highest BCUT2D eigenvalue weighted by atomic mass is 16.3. The summed E-state index contributed by atoms with van der Waals surface area (Å²) in [5.74, 6) is 1.16. The number of fused-ring (bicyclic) bond motifs is 1. The zero-order valence-corrected chi connectivity index (χ0v) is 11.4. The topological polar surface area (TPSA) is 52.6 Å². The Balaban J connectivity index is 1.84. The molecule has 2 aliphatic rings. The molecule has 3 rings (SSSR count). The van der Waals surface area contributed by atoms with Crippen LogP contribution in [0.3, 0.4) is 0 Å². The van der Waals surface area contributed by atoms with E-state index in [9.17, 15) is 9.90 Å². The maximum Gasteiger partial charge on any atom is 0.257 e. The van der Waals surface area contributed by atoms with E-state index >= 15 is 0 Å². The molecule has 3 unspecified atom stereocenters. The number of hydrogen-bond acceptors (Lipinski definition) is 3. The minimum absolute atomic E-state index is 0.0422. The number of hydrogen-bond donors (Lipinski definition) is 2. The summed E-state index contributed by atoms with van der Waals surface area (Å²) in [5.41, 5.74) is 1.38. The minimum atomic E-state index is -0.0422. The Labute approximate surface area is 113 Å². The second-order valence-electron chi connectivity index (χ2n) is 5.80. The van der Waals surface area contributed by atoms with E-state index in [0.717, 1.165) is 25.2 Å². The molecule has 0 bridgehead atoms. The van der Waals surface area contributed by atoms with Crippen molar-refractivity contribution in [1.82, 2.24) is 10.2 Å². The lowest BCUT2D eigenvalue weighted by molar-refractivity contribution is 0.0725. The van der Waals surface area contributed by atoms with E-state index in [1.165, 1.54) is 0 Å². The summed E-state index contributed by atoms with van der Waals surface area (Å²) in [6.45, 7) is 6.81. The van der Waals surface area contributed by atoms with E-state index in [4.69, 9.17) is 0 Å². The van der Waals surface area contributed by atoms with Crippen molar-refractivity contribution in [1.29, 1.82) is 0 Å². The fourth-order valence-electron chi connectivity index (χ4n) is 3.41. The summed E-state index contributed by atoms with van der Waals surface area (Å²) < 4.78 is 0. The van der Waals surface area contributed by atoms with Crippen LogP contribution in [0.2, 0.25) is 0 Å². The van der Waals surface area contributed by atoms with Crippen LogP contribution in [0.25, 0.3) is 0 Å². The molecule has 2 fully saturated rings. The van der Waals surface area contributed by atoms with Crippen molar-refractivity contribution in [2.45, 2.75) is 19.9 Å². The molecule has 1 aromatic carbocycles. The van der Waals surface area contributed by atoms with Crippen molar-refractivity contribution in [2.24, 2.45) is 11.8 Å². The highest BCUT2D eigenvalue weighted by molar-refractivity contribution is 5.97. The van der Waals surface area contributed by atoms with Gasteiger partial charge in [-0.2, -0.15) is 0 Å². The first-order chi connectivity index (χ1) is 9.08. The number of rotatable bonds is 1. The predicted octanol–water partition coefficient (Wildman–Crippen LogP) is 1.38. The molecular formula is C15H20N2O2. The van der Waals surface area contributed by atoms with Crippen LogP contribution < -0.4 is 5.32 Å². The summed E-state index contributed by atoms with van der Waals surface area (Å²) in [7, 11) is 0. The van der Waals surface area contributed by atoms with Gasteiger partial charge in [-0.1, -0.05) is 6.07 Å². The highest BCUT2D eigenvalue weighted by Gasteiger charge is 2.44. The summed E-state index contributed by atoms with van der Waals surface area (Å²) >= 11 is 0. The quantitative estimate of drug-likeness (QED) is 0.802. The van der Waals surface area contributed by atoms with Gasteiger partial charge in [0.1, 0.15) is 5.75 Å². The first-order valence-electron chi connectivity index (χ1n) is 6.89. The monoisotopic (exact) mass is 260 g/mol. The van der Waals surface area contributed by atoms with E-state index in [2.05, 4.69) is 12.2 Å². The number of carbonyl (C=O) groups is 1. The van der Waals surface area contributed by atoms with Gasteiger partial charge in [-0.3, -0.25) is 4.79 Å². The Morgan fingerprint density at radius 2 is 2.21 bits per heavy atom. The lowest BCUT2D eigenvalue weighted by Crippen LogP contribution is -2.38. The normalized spacial score (nSPS) is 29.6. The SMILES string of the molecule is Cc1ccc(C(=O)N2CC3CNCC3C2C)c(O)c1. The van der Waals surface area contributed by atoms with Crippen LogP contribution in [-0.2, 0) is 0 Å². The molecule has 4 heteroatoms. The molecule has 0 spiro atoms. The zero-order valence-electron chi connectivity index (χ0n) is 11.4. The number of amides is 1. The van der Waals surface area contributed by atoms with Crippen LogP contribution in [0.1, 0.15) is 22.8 Å². The van der Waals surface area contributed by atoms with Gasteiger partial charge in [-0.05, 0) is 43.4 Å². The van der Waals surface area contributed by atoms with Crippen LogP contribution in [0.5, 0.6) is 5.75 Å². The minimum Gasteiger partial charge on any atom is -0.507 e. The first kappa shape index (κ1) is 12.5. The molecule has 0 aromatic heterocycles. The molecule has 0 aliphatic carbocycles. The van der Waals surface area contributed by atoms with Gasteiger partial charge in [0.25, 0.3) is 5.91 Å². The van der Waals surface area contributed by atoms with E-state index in [1.54, 1.807) is 12.1 Å². The fraction of sp³-hybridized carbons (Fsp3) is 0.533. The average Bonchev–Trinajstić information content (AvgIpc) is 2.92. The van der Waals surface area contributed by atoms with Crippen molar-refractivity contribution >= 4 is 5.91 Å². The standard InChI is InChI=1S/C15H20N2O2/c1-9-3-4-12(14(18)5-9)15(19)17-8-11-6-16-7-13(11)10(17)2/h3-5,10-11,13,16,18H,6-8H2,1-2H3. The number of nitrogens with zero attached hydrogens (tertiary/aromatic N) is 1. The Bertz CT molecular complexity index is 515. The second kappa shape index (κ2) is 4.53. The molecule has 1 amide bonds. The third-order valence-corrected chi connectivity index (χ3v) is 4.58. The Kier molecular flexibility index (Phi) is 2.97. The van der Waals surface area contributed by atoms with Gasteiger partial charge in [0.15, 0.2) is 0 Å². The first-order valence-corrected chi connectivity index (χ1v) is 6.89. The maximum absolute atomic E-state index is 12.6. The third kappa shape index (κ3) is 2.00. The number of phenols is 1. The van der Waals surface area contributed by atoms with Crippen molar-refractivity contribution in [3.63, 3.8) is 0 Å². The lowest BCUT2D eigenvalue weighted by Gasteiger charge is -2.25. The molecular weight excluding hydrogens is 240 g/mol. The van der Waals surface area contributed by atoms with Gasteiger partial charge < -0.3 is 15.3 Å². The molecule has 2 saturated heterocycles. The highest BCUT2D eigenvalue weighted by Crippen LogP contribution is 2.34. The zero-order chi connectivity index (χ0) is 13.6. The molecule has 4 nitrogen and oxygen atoms in total.